The normalized spacial score (nSPS) is 22.9. The van der Waals surface area contributed by atoms with Crippen LogP contribution in [0.1, 0.15) is 23.2 Å². The van der Waals surface area contributed by atoms with Crippen molar-refractivity contribution in [2.45, 2.75) is 32.4 Å². The van der Waals surface area contributed by atoms with Crippen LogP contribution in [0.3, 0.4) is 0 Å². The lowest BCUT2D eigenvalue weighted by molar-refractivity contribution is -0.0154. The standard InChI is InChI=1S/C19H24FN3O/c1-14-9-21-22(2)18(14)10-23-11-19(12-23)8-17(24-13-19)7-15-4-3-5-16(20)6-15/h3-6,9,17H,7-8,10-13H2,1-2H3/t17-/m0/s1. The lowest BCUT2D eigenvalue weighted by Gasteiger charge is -2.47. The molecule has 0 N–H and O–H groups in total. The molecule has 1 aromatic carbocycles. The SMILES string of the molecule is Cc1cnn(C)c1CN1CC2(CO[C@@H](Cc3cccc(F)c3)C2)C1. The fourth-order valence-corrected chi connectivity index (χ4v) is 4.20. The van der Waals surface area contributed by atoms with E-state index in [0.717, 1.165) is 44.6 Å². The third-order valence-corrected chi connectivity index (χ3v) is 5.40. The number of halogens is 1. The summed E-state index contributed by atoms with van der Waals surface area (Å²) >= 11 is 0. The van der Waals surface area contributed by atoms with E-state index in [2.05, 4.69) is 16.9 Å². The molecule has 1 aromatic heterocycles. The predicted octanol–water partition coefficient (Wildman–Crippen LogP) is 2.70. The maximum atomic E-state index is 13.3. The molecule has 2 aliphatic rings. The van der Waals surface area contributed by atoms with Crippen molar-refractivity contribution < 1.29 is 9.13 Å². The average Bonchev–Trinajstić information content (AvgIpc) is 3.05. The highest BCUT2D eigenvalue weighted by Gasteiger charge is 2.48. The molecule has 0 aliphatic carbocycles. The monoisotopic (exact) mass is 329 g/mol. The molecule has 24 heavy (non-hydrogen) atoms. The number of ether oxygens (including phenoxy) is 1. The molecule has 0 radical (unpaired) electrons. The number of likely N-dealkylation sites (tertiary alicyclic amines) is 1. The molecule has 1 atom stereocenters. The summed E-state index contributed by atoms with van der Waals surface area (Å²) in [7, 11) is 2.01. The lowest BCUT2D eigenvalue weighted by atomic mass is 9.77. The van der Waals surface area contributed by atoms with Crippen LogP contribution in [0.25, 0.3) is 0 Å². The molecule has 2 aromatic rings. The van der Waals surface area contributed by atoms with Crippen molar-refractivity contribution in [3.05, 3.63) is 53.1 Å². The Morgan fingerprint density at radius 2 is 2.21 bits per heavy atom. The van der Waals surface area contributed by atoms with Gasteiger partial charge in [-0.25, -0.2) is 4.39 Å². The van der Waals surface area contributed by atoms with E-state index in [1.54, 1.807) is 12.1 Å². The maximum absolute atomic E-state index is 13.3. The molecule has 0 unspecified atom stereocenters. The molecule has 2 aliphatic heterocycles. The van der Waals surface area contributed by atoms with E-state index in [1.807, 2.05) is 24.0 Å². The number of hydrogen-bond donors (Lipinski definition) is 0. The number of benzene rings is 1. The quantitative estimate of drug-likeness (QED) is 0.864. The summed E-state index contributed by atoms with van der Waals surface area (Å²) in [6.45, 7) is 6.06. The zero-order chi connectivity index (χ0) is 16.7. The predicted molar refractivity (Wildman–Crippen MR) is 90.1 cm³/mol. The van der Waals surface area contributed by atoms with Gasteiger partial charge < -0.3 is 4.74 Å². The van der Waals surface area contributed by atoms with Crippen LogP contribution in [0, 0.1) is 18.2 Å². The van der Waals surface area contributed by atoms with Crippen LogP contribution in [0.2, 0.25) is 0 Å². The van der Waals surface area contributed by atoms with Crippen LogP contribution in [-0.2, 0) is 24.8 Å². The Bertz CT molecular complexity index is 716. The van der Waals surface area contributed by atoms with Crippen LogP contribution in [0.4, 0.5) is 4.39 Å². The summed E-state index contributed by atoms with van der Waals surface area (Å²) in [5.74, 6) is -0.165. The number of aryl methyl sites for hydroxylation is 2. The molecule has 2 fully saturated rings. The summed E-state index contributed by atoms with van der Waals surface area (Å²) in [4.78, 5) is 2.47. The highest BCUT2D eigenvalue weighted by Crippen LogP contribution is 2.42. The van der Waals surface area contributed by atoms with Crippen LogP contribution in [0.15, 0.2) is 30.5 Å². The van der Waals surface area contributed by atoms with Crippen LogP contribution >= 0.6 is 0 Å². The third-order valence-electron chi connectivity index (χ3n) is 5.40. The van der Waals surface area contributed by atoms with Gasteiger partial charge in [0.1, 0.15) is 5.82 Å². The number of hydrogen-bond acceptors (Lipinski definition) is 3. The topological polar surface area (TPSA) is 30.3 Å². The molecular weight excluding hydrogens is 305 g/mol. The summed E-state index contributed by atoms with van der Waals surface area (Å²) in [5, 5.41) is 4.32. The van der Waals surface area contributed by atoms with Gasteiger partial charge in [-0.3, -0.25) is 9.58 Å². The maximum Gasteiger partial charge on any atom is 0.123 e. The van der Waals surface area contributed by atoms with E-state index < -0.39 is 0 Å². The van der Waals surface area contributed by atoms with Crippen molar-refractivity contribution in [3.63, 3.8) is 0 Å². The second-order valence-corrected chi connectivity index (χ2v) is 7.51. The third kappa shape index (κ3) is 2.98. The first-order chi connectivity index (χ1) is 11.5. The van der Waals surface area contributed by atoms with E-state index in [1.165, 1.54) is 17.3 Å². The van der Waals surface area contributed by atoms with E-state index in [-0.39, 0.29) is 11.9 Å². The fraction of sp³-hybridized carbons (Fsp3) is 0.526. The largest absolute Gasteiger partial charge is 0.377 e. The fourth-order valence-electron chi connectivity index (χ4n) is 4.20. The average molecular weight is 329 g/mol. The number of rotatable bonds is 4. The first-order valence-corrected chi connectivity index (χ1v) is 8.59. The Labute approximate surface area is 142 Å². The van der Waals surface area contributed by atoms with Crippen molar-refractivity contribution in [2.75, 3.05) is 19.7 Å². The van der Waals surface area contributed by atoms with Crippen molar-refractivity contribution in [3.8, 4) is 0 Å². The van der Waals surface area contributed by atoms with E-state index in [4.69, 9.17) is 4.74 Å². The molecule has 2 saturated heterocycles. The molecule has 0 saturated carbocycles. The zero-order valence-corrected chi connectivity index (χ0v) is 14.3. The first-order valence-electron chi connectivity index (χ1n) is 8.59. The van der Waals surface area contributed by atoms with Gasteiger partial charge in [-0.2, -0.15) is 5.10 Å². The second-order valence-electron chi connectivity index (χ2n) is 7.51. The van der Waals surface area contributed by atoms with Crippen molar-refractivity contribution in [1.82, 2.24) is 14.7 Å². The van der Waals surface area contributed by atoms with Gasteiger partial charge in [-0.1, -0.05) is 12.1 Å². The Balaban J connectivity index is 1.32. The Kier molecular flexibility index (Phi) is 3.93. The summed E-state index contributed by atoms with van der Waals surface area (Å²) in [6, 6.07) is 6.86. The lowest BCUT2D eigenvalue weighted by Crippen LogP contribution is -2.56. The van der Waals surface area contributed by atoms with Gasteiger partial charge in [0, 0.05) is 32.1 Å². The van der Waals surface area contributed by atoms with Crippen molar-refractivity contribution >= 4 is 0 Å². The van der Waals surface area contributed by atoms with E-state index in [0.29, 0.717) is 5.41 Å². The minimum atomic E-state index is -0.165. The molecule has 3 heterocycles. The zero-order valence-electron chi connectivity index (χ0n) is 14.3. The summed E-state index contributed by atoms with van der Waals surface area (Å²) in [6.07, 6.45) is 4.02. The van der Waals surface area contributed by atoms with Gasteiger partial charge in [-0.15, -0.1) is 0 Å². The first kappa shape index (κ1) is 15.8. The minimum absolute atomic E-state index is 0.165. The second kappa shape index (κ2) is 5.97. The molecule has 1 spiro atoms. The number of aromatic nitrogens is 2. The molecule has 5 heteroatoms. The van der Waals surface area contributed by atoms with Gasteiger partial charge in [0.25, 0.3) is 0 Å². The highest BCUT2D eigenvalue weighted by atomic mass is 19.1. The molecule has 4 rings (SSSR count). The van der Waals surface area contributed by atoms with Gasteiger partial charge in [0.05, 0.1) is 24.6 Å². The highest BCUT2D eigenvalue weighted by molar-refractivity contribution is 5.19. The number of nitrogens with zero attached hydrogens (tertiary/aromatic N) is 3. The van der Waals surface area contributed by atoms with Gasteiger partial charge in [-0.05, 0) is 43.0 Å². The summed E-state index contributed by atoms with van der Waals surface area (Å²) < 4.78 is 21.3. The van der Waals surface area contributed by atoms with Gasteiger partial charge in [0.15, 0.2) is 0 Å². The van der Waals surface area contributed by atoms with Gasteiger partial charge in [0.2, 0.25) is 0 Å². The van der Waals surface area contributed by atoms with Crippen molar-refractivity contribution in [2.24, 2.45) is 12.5 Å². The Morgan fingerprint density at radius 3 is 2.92 bits per heavy atom. The minimum Gasteiger partial charge on any atom is -0.377 e. The molecule has 4 nitrogen and oxygen atoms in total. The molecule has 128 valence electrons. The van der Waals surface area contributed by atoms with E-state index >= 15 is 0 Å². The van der Waals surface area contributed by atoms with Crippen LogP contribution in [0.5, 0.6) is 0 Å². The smallest absolute Gasteiger partial charge is 0.123 e. The van der Waals surface area contributed by atoms with Crippen LogP contribution < -0.4 is 0 Å². The Hall–Kier alpha value is -1.72. The molecular formula is C19H24FN3O. The molecule has 0 amide bonds. The summed E-state index contributed by atoms with van der Waals surface area (Å²) in [5.41, 5.74) is 3.87. The van der Waals surface area contributed by atoms with Gasteiger partial charge >= 0.3 is 0 Å². The van der Waals surface area contributed by atoms with E-state index in [9.17, 15) is 4.39 Å². The van der Waals surface area contributed by atoms with Crippen molar-refractivity contribution in [1.29, 1.82) is 0 Å². The molecule has 0 bridgehead atoms. The van der Waals surface area contributed by atoms with Crippen LogP contribution in [-0.4, -0.2) is 40.5 Å². The Morgan fingerprint density at radius 1 is 1.38 bits per heavy atom.